The van der Waals surface area contributed by atoms with E-state index >= 15 is 0 Å². The van der Waals surface area contributed by atoms with E-state index in [-0.39, 0.29) is 0 Å². The largest absolute Gasteiger partial charge is 0.456 e. The first-order valence-corrected chi connectivity index (χ1v) is 27.9. The normalized spacial score (nSPS) is 12.1. The summed E-state index contributed by atoms with van der Waals surface area (Å²) in [5.41, 5.74) is 18.1. The van der Waals surface area contributed by atoms with Crippen LogP contribution in [0.5, 0.6) is 0 Å². The lowest BCUT2D eigenvalue weighted by Gasteiger charge is -2.18. The van der Waals surface area contributed by atoms with Gasteiger partial charge in [0.05, 0.1) is 0 Å². The van der Waals surface area contributed by atoms with Crippen LogP contribution in [0.1, 0.15) is 0 Å². The molecule has 0 aliphatic carbocycles. The summed E-state index contributed by atoms with van der Waals surface area (Å²) in [5.74, 6) is 0. The van der Waals surface area contributed by atoms with Crippen LogP contribution in [0, 0.1) is 0 Å². The second-order valence-electron chi connectivity index (χ2n) is 21.0. The van der Waals surface area contributed by atoms with Crippen molar-refractivity contribution in [1.82, 2.24) is 0 Å². The van der Waals surface area contributed by atoms with E-state index in [2.05, 4.69) is 267 Å². The van der Waals surface area contributed by atoms with Gasteiger partial charge in [-0.25, -0.2) is 0 Å². The van der Waals surface area contributed by atoms with Gasteiger partial charge in [-0.1, -0.05) is 206 Å². The topological polar surface area (TPSA) is 26.3 Å². The molecule has 0 aliphatic rings. The van der Waals surface area contributed by atoms with E-state index < -0.39 is 0 Å². The predicted molar refractivity (Wildman–Crippen MR) is 337 cm³/mol. The fourth-order valence-electron chi connectivity index (χ4n) is 13.2. The molecule has 17 aromatic rings. The molecule has 0 spiro atoms. The van der Waals surface area contributed by atoms with Crippen LogP contribution in [0.15, 0.2) is 276 Å². The Morgan fingerprint density at radius 2 is 0.544 bits per heavy atom. The number of hydrogen-bond donors (Lipinski definition) is 0. The molecule has 0 unspecified atom stereocenters. The second-order valence-corrected chi connectivity index (χ2v) is 22.0. The molecule has 3 heterocycles. The average Bonchev–Trinajstić information content (AvgIpc) is 4.30. The fraction of sp³-hybridized carbons (Fsp3) is 0. The Morgan fingerprint density at radius 1 is 0.203 bits per heavy atom. The molecular formula is C76H44O2S. The van der Waals surface area contributed by atoms with E-state index in [1.54, 1.807) is 0 Å². The molecule has 0 aliphatic heterocycles. The highest BCUT2D eigenvalue weighted by Gasteiger charge is 2.23. The number of hydrogen-bond acceptors (Lipinski definition) is 3. The maximum atomic E-state index is 6.48. The summed E-state index contributed by atoms with van der Waals surface area (Å²) in [6.45, 7) is 0. The van der Waals surface area contributed by atoms with Crippen LogP contribution >= 0.6 is 11.3 Å². The monoisotopic (exact) mass is 1020 g/mol. The smallest absolute Gasteiger partial charge is 0.135 e. The van der Waals surface area contributed by atoms with Crippen molar-refractivity contribution < 1.29 is 8.83 Å². The van der Waals surface area contributed by atoms with Crippen molar-refractivity contribution in [2.24, 2.45) is 0 Å². The maximum absolute atomic E-state index is 6.48. The van der Waals surface area contributed by atoms with Crippen molar-refractivity contribution >= 4 is 118 Å². The van der Waals surface area contributed by atoms with Gasteiger partial charge in [0, 0.05) is 41.7 Å². The van der Waals surface area contributed by atoms with Crippen molar-refractivity contribution in [3.05, 3.63) is 267 Å². The van der Waals surface area contributed by atoms with Gasteiger partial charge >= 0.3 is 0 Å². The van der Waals surface area contributed by atoms with Crippen LogP contribution in [-0.4, -0.2) is 0 Å². The fourth-order valence-corrected chi connectivity index (χ4v) is 14.3. The molecular weight excluding hydrogens is 977 g/mol. The van der Waals surface area contributed by atoms with Gasteiger partial charge in [0.15, 0.2) is 0 Å². The first-order valence-electron chi connectivity index (χ1n) is 27.0. The van der Waals surface area contributed by atoms with Crippen LogP contribution in [0.3, 0.4) is 0 Å². The summed E-state index contributed by atoms with van der Waals surface area (Å²) in [6, 6.07) is 97.8. The van der Waals surface area contributed by atoms with E-state index in [0.717, 1.165) is 43.9 Å². The van der Waals surface area contributed by atoms with Crippen LogP contribution in [-0.2, 0) is 0 Å². The molecule has 0 amide bonds. The Balaban J connectivity index is 0.823. The Bertz CT molecular complexity index is 5250. The lowest BCUT2D eigenvalue weighted by molar-refractivity contribution is 0.668. The van der Waals surface area contributed by atoms with E-state index in [4.69, 9.17) is 8.83 Å². The Morgan fingerprint density at radius 3 is 0.962 bits per heavy atom. The van der Waals surface area contributed by atoms with Crippen LogP contribution in [0.4, 0.5) is 0 Å². The molecule has 0 fully saturated rings. The number of fused-ring (bicyclic) bond motifs is 13. The molecule has 2 nitrogen and oxygen atoms in total. The number of rotatable bonds is 6. The summed E-state index contributed by atoms with van der Waals surface area (Å²) >= 11 is 1.89. The molecule has 0 N–H and O–H groups in total. The lowest BCUT2D eigenvalue weighted by Crippen LogP contribution is -1.91. The van der Waals surface area contributed by atoms with Crippen LogP contribution < -0.4 is 0 Å². The summed E-state index contributed by atoms with van der Waals surface area (Å²) in [6.07, 6.45) is 0. The highest BCUT2D eigenvalue weighted by molar-refractivity contribution is 7.26. The molecule has 0 atom stereocenters. The van der Waals surface area contributed by atoms with E-state index in [1.807, 2.05) is 11.3 Å². The Labute approximate surface area is 458 Å². The zero-order chi connectivity index (χ0) is 51.7. The Hall–Kier alpha value is -10.1. The zero-order valence-electron chi connectivity index (χ0n) is 42.6. The summed E-state index contributed by atoms with van der Waals surface area (Å²) in [5, 5.41) is 16.9. The number of furan rings is 2. The quantitative estimate of drug-likeness (QED) is 0.155. The molecule has 0 radical (unpaired) electrons. The van der Waals surface area contributed by atoms with Gasteiger partial charge in [0.25, 0.3) is 0 Å². The van der Waals surface area contributed by atoms with Gasteiger partial charge in [-0.3, -0.25) is 0 Å². The van der Waals surface area contributed by atoms with Crippen molar-refractivity contribution in [2.45, 2.75) is 0 Å². The number of thiophene rings is 1. The number of benzene rings is 14. The van der Waals surface area contributed by atoms with Crippen molar-refractivity contribution in [3.63, 3.8) is 0 Å². The minimum Gasteiger partial charge on any atom is -0.456 e. The second kappa shape index (κ2) is 17.2. The van der Waals surface area contributed by atoms with Crippen molar-refractivity contribution in [1.29, 1.82) is 0 Å². The standard InChI is InChI=1S/C76H44O2S/c1-3-16-45(17-4-1)47-31-36-66-62(40-47)64-42-49(33-38-68(64)77-66)72-52-20-7-9-22-54(52)74(55-23-10-8-21-53(55)72)51-30-35-60-71(44-51)79-70-29-15-28-61(76(60)70)75-58-26-13-11-24-56(58)73(57-25-12-14-27-59(57)75)50-34-39-69-65(43-50)63-41-48(32-37-67(63)78-69)46-18-5-2-6-19-46/h1-44H. The Kier molecular flexibility index (Phi) is 9.62. The third kappa shape index (κ3) is 6.77. The van der Waals surface area contributed by atoms with Crippen molar-refractivity contribution in [2.75, 3.05) is 0 Å². The van der Waals surface area contributed by atoms with Gasteiger partial charge in [-0.15, -0.1) is 11.3 Å². The highest BCUT2D eigenvalue weighted by Crippen LogP contribution is 2.51. The third-order valence-electron chi connectivity index (χ3n) is 16.6. The van der Waals surface area contributed by atoms with Crippen LogP contribution in [0.25, 0.3) is 174 Å². The van der Waals surface area contributed by atoms with Gasteiger partial charge < -0.3 is 8.83 Å². The van der Waals surface area contributed by atoms with E-state index in [9.17, 15) is 0 Å². The van der Waals surface area contributed by atoms with Gasteiger partial charge in [0.1, 0.15) is 22.3 Å². The molecule has 79 heavy (non-hydrogen) atoms. The molecule has 0 saturated heterocycles. The molecule has 3 aromatic heterocycles. The maximum Gasteiger partial charge on any atom is 0.135 e. The third-order valence-corrected chi connectivity index (χ3v) is 17.8. The molecule has 14 aromatic carbocycles. The summed E-state index contributed by atoms with van der Waals surface area (Å²) in [4.78, 5) is 0. The molecule has 0 bridgehead atoms. The first kappa shape index (κ1) is 44.1. The predicted octanol–water partition coefficient (Wildman–Crippen LogP) is 22.5. The molecule has 366 valence electrons. The van der Waals surface area contributed by atoms with Gasteiger partial charge in [-0.05, 0) is 171 Å². The van der Waals surface area contributed by atoms with E-state index in [1.165, 1.54) is 130 Å². The minimum atomic E-state index is 0.891. The zero-order valence-corrected chi connectivity index (χ0v) is 43.4. The van der Waals surface area contributed by atoms with Gasteiger partial charge in [0.2, 0.25) is 0 Å². The minimum absolute atomic E-state index is 0.891. The lowest BCUT2D eigenvalue weighted by atomic mass is 9.84. The molecule has 3 heteroatoms. The summed E-state index contributed by atoms with van der Waals surface area (Å²) in [7, 11) is 0. The molecule has 0 saturated carbocycles. The summed E-state index contributed by atoms with van der Waals surface area (Å²) < 4.78 is 15.5. The molecule has 17 rings (SSSR count). The SMILES string of the molecule is c1ccc(-c2ccc3oc4ccc(-c5c6ccccc6c(-c6ccc7c(c6)sc6cccc(-c8c9ccccc9c(-c9ccc%10oc%11ccc(-c%12ccccc%12)cc%11c%10c9)c9ccccc89)c67)c6ccccc56)cc4c3c2)cc1. The van der Waals surface area contributed by atoms with Gasteiger partial charge in [-0.2, -0.15) is 0 Å². The van der Waals surface area contributed by atoms with Crippen molar-refractivity contribution in [3.8, 4) is 66.8 Å². The van der Waals surface area contributed by atoms with E-state index in [0.29, 0.717) is 0 Å². The highest BCUT2D eigenvalue weighted by atomic mass is 32.1. The average molecular weight is 1020 g/mol. The van der Waals surface area contributed by atoms with Crippen LogP contribution in [0.2, 0.25) is 0 Å². The first-order chi connectivity index (χ1) is 39.2.